The van der Waals surface area contributed by atoms with Crippen LogP contribution in [0.1, 0.15) is 12.5 Å². The van der Waals surface area contributed by atoms with E-state index in [1.54, 1.807) is 12.1 Å². The lowest BCUT2D eigenvalue weighted by Gasteiger charge is -2.14. The van der Waals surface area contributed by atoms with Crippen LogP contribution in [-0.4, -0.2) is 22.6 Å². The molecule has 0 aromatic heterocycles. The second-order valence-electron chi connectivity index (χ2n) is 3.45. The molecular formula is C10H16NO5PS. The summed E-state index contributed by atoms with van der Waals surface area (Å²) in [6, 6.07) is 6.27. The largest absolute Gasteiger partial charge is 0.418 e. The van der Waals surface area contributed by atoms with Crippen LogP contribution in [0.15, 0.2) is 29.2 Å². The van der Waals surface area contributed by atoms with Gasteiger partial charge in [0.15, 0.2) is 0 Å². The highest BCUT2D eigenvalue weighted by Gasteiger charge is 2.29. The Kier molecular flexibility index (Phi) is 5.07. The van der Waals surface area contributed by atoms with Gasteiger partial charge < -0.3 is 0 Å². The normalized spacial score (nSPS) is 12.6. The minimum absolute atomic E-state index is 0.00836. The van der Waals surface area contributed by atoms with Gasteiger partial charge in [-0.15, -0.1) is 4.49 Å². The molecule has 6 nitrogen and oxygen atoms in total. The van der Waals surface area contributed by atoms with Crippen molar-refractivity contribution in [2.45, 2.75) is 18.2 Å². The molecule has 0 aliphatic carbocycles. The SMILES string of the molecule is CCc1ccc(S(=O)(=O)NP(=O)(OC)OC)cc1. The van der Waals surface area contributed by atoms with Crippen LogP contribution >= 0.6 is 7.75 Å². The van der Waals surface area contributed by atoms with Gasteiger partial charge in [-0.25, -0.2) is 13.0 Å². The zero-order valence-electron chi connectivity index (χ0n) is 10.4. The minimum atomic E-state index is -3.93. The Morgan fingerprint density at radius 2 is 1.67 bits per heavy atom. The molecule has 0 aliphatic rings. The van der Waals surface area contributed by atoms with Crippen molar-refractivity contribution >= 4 is 17.8 Å². The topological polar surface area (TPSA) is 81.7 Å². The van der Waals surface area contributed by atoms with Crippen LogP contribution in [0.5, 0.6) is 0 Å². The summed E-state index contributed by atoms with van der Waals surface area (Å²) >= 11 is 0. The quantitative estimate of drug-likeness (QED) is 0.810. The summed E-state index contributed by atoms with van der Waals surface area (Å²) < 4.78 is 46.5. The van der Waals surface area contributed by atoms with E-state index in [0.29, 0.717) is 0 Å². The average molecular weight is 293 g/mol. The Labute approximate surface area is 107 Å². The lowest BCUT2D eigenvalue weighted by Crippen LogP contribution is -2.22. The molecule has 0 saturated heterocycles. The molecule has 0 aliphatic heterocycles. The van der Waals surface area contributed by atoms with Crippen LogP contribution in [0.2, 0.25) is 0 Å². The van der Waals surface area contributed by atoms with Crippen molar-refractivity contribution in [3.8, 4) is 0 Å². The Bertz CT molecular complexity index is 532. The molecule has 1 aromatic carbocycles. The summed E-state index contributed by atoms with van der Waals surface area (Å²) in [7, 11) is -5.55. The van der Waals surface area contributed by atoms with Crippen molar-refractivity contribution in [2.75, 3.05) is 14.2 Å². The first-order chi connectivity index (χ1) is 8.37. The second kappa shape index (κ2) is 5.95. The van der Waals surface area contributed by atoms with Crippen molar-refractivity contribution < 1.29 is 22.0 Å². The van der Waals surface area contributed by atoms with Gasteiger partial charge in [0.1, 0.15) is 0 Å². The Morgan fingerprint density at radius 1 is 1.17 bits per heavy atom. The average Bonchev–Trinajstić information content (AvgIpc) is 2.38. The highest BCUT2D eigenvalue weighted by Crippen LogP contribution is 2.43. The van der Waals surface area contributed by atoms with Crippen LogP contribution in [0.3, 0.4) is 0 Å². The Morgan fingerprint density at radius 3 is 2.06 bits per heavy atom. The van der Waals surface area contributed by atoms with Crippen molar-refractivity contribution in [1.82, 2.24) is 4.49 Å². The highest BCUT2D eigenvalue weighted by atomic mass is 32.2. The van der Waals surface area contributed by atoms with Crippen LogP contribution < -0.4 is 4.49 Å². The van der Waals surface area contributed by atoms with E-state index in [1.165, 1.54) is 12.1 Å². The van der Waals surface area contributed by atoms with Gasteiger partial charge in [0.2, 0.25) is 10.0 Å². The second-order valence-corrected chi connectivity index (χ2v) is 7.39. The van der Waals surface area contributed by atoms with Crippen molar-refractivity contribution in [1.29, 1.82) is 0 Å². The van der Waals surface area contributed by atoms with Gasteiger partial charge in [0, 0.05) is 14.2 Å². The van der Waals surface area contributed by atoms with E-state index in [4.69, 9.17) is 0 Å². The summed E-state index contributed by atoms with van der Waals surface area (Å²) in [5.74, 6) is 0. The molecule has 0 spiro atoms. The van der Waals surface area contributed by atoms with Crippen LogP contribution in [0.4, 0.5) is 0 Å². The highest BCUT2D eigenvalue weighted by molar-refractivity contribution is 7.94. The van der Waals surface area contributed by atoms with Crippen LogP contribution in [0, 0.1) is 0 Å². The van der Waals surface area contributed by atoms with E-state index < -0.39 is 17.8 Å². The van der Waals surface area contributed by atoms with Gasteiger partial charge in [-0.1, -0.05) is 19.1 Å². The minimum Gasteiger partial charge on any atom is -0.299 e. The van der Waals surface area contributed by atoms with E-state index in [2.05, 4.69) is 9.05 Å². The van der Waals surface area contributed by atoms with Gasteiger partial charge in [0.05, 0.1) is 4.90 Å². The zero-order chi connectivity index (χ0) is 13.8. The van der Waals surface area contributed by atoms with E-state index in [0.717, 1.165) is 26.2 Å². The molecule has 0 radical (unpaired) electrons. The molecule has 0 saturated carbocycles. The number of benzene rings is 1. The standard InChI is InChI=1S/C10H16NO5PS/c1-4-9-5-7-10(8-6-9)18(13,14)11-17(12,15-2)16-3/h5-8H,4H2,1-3H3,(H,11,12). The van der Waals surface area contributed by atoms with Crippen LogP contribution in [-0.2, 0) is 30.1 Å². The van der Waals surface area contributed by atoms with E-state index in [-0.39, 0.29) is 4.90 Å². The maximum atomic E-state index is 11.9. The molecule has 0 heterocycles. The zero-order valence-corrected chi connectivity index (χ0v) is 12.1. The summed E-state index contributed by atoms with van der Waals surface area (Å²) in [5.41, 5.74) is 1.01. The number of aryl methyl sites for hydroxylation is 1. The summed E-state index contributed by atoms with van der Waals surface area (Å²) in [6.45, 7) is 1.96. The smallest absolute Gasteiger partial charge is 0.299 e. The van der Waals surface area contributed by atoms with Crippen molar-refractivity contribution in [3.63, 3.8) is 0 Å². The maximum Gasteiger partial charge on any atom is 0.418 e. The number of nitrogens with one attached hydrogen (secondary N) is 1. The number of hydrogen-bond donors (Lipinski definition) is 1. The fraction of sp³-hybridized carbons (Fsp3) is 0.400. The van der Waals surface area contributed by atoms with E-state index in [9.17, 15) is 13.0 Å². The Hall–Kier alpha value is -0.720. The van der Waals surface area contributed by atoms with E-state index >= 15 is 0 Å². The Balaban J connectivity index is 3.03. The first-order valence-corrected chi connectivity index (χ1v) is 8.24. The molecule has 8 heteroatoms. The van der Waals surface area contributed by atoms with Crippen LogP contribution in [0.25, 0.3) is 0 Å². The van der Waals surface area contributed by atoms with Crippen molar-refractivity contribution in [3.05, 3.63) is 29.8 Å². The molecule has 0 atom stereocenters. The van der Waals surface area contributed by atoms with Gasteiger partial charge in [0.25, 0.3) is 0 Å². The van der Waals surface area contributed by atoms with Gasteiger partial charge in [-0.2, -0.15) is 0 Å². The molecule has 18 heavy (non-hydrogen) atoms. The first kappa shape index (κ1) is 15.3. The molecule has 1 rings (SSSR count). The number of hydrogen-bond acceptors (Lipinski definition) is 5. The monoisotopic (exact) mass is 293 g/mol. The predicted octanol–water partition coefficient (Wildman–Crippen LogP) is 1.93. The molecule has 0 fully saturated rings. The molecule has 0 bridgehead atoms. The molecule has 102 valence electrons. The van der Waals surface area contributed by atoms with Gasteiger partial charge in [-0.3, -0.25) is 9.05 Å². The number of rotatable bonds is 6. The summed E-state index contributed by atoms with van der Waals surface area (Å²) in [4.78, 5) is 0.00836. The van der Waals surface area contributed by atoms with Gasteiger partial charge >= 0.3 is 7.75 Å². The van der Waals surface area contributed by atoms with Gasteiger partial charge in [-0.05, 0) is 24.1 Å². The molecule has 0 unspecified atom stereocenters. The molecule has 1 aromatic rings. The summed E-state index contributed by atoms with van der Waals surface area (Å²) in [5, 5.41) is 0. The summed E-state index contributed by atoms with van der Waals surface area (Å²) in [6.07, 6.45) is 0.808. The predicted molar refractivity (Wildman–Crippen MR) is 67.8 cm³/mol. The first-order valence-electron chi connectivity index (χ1n) is 5.21. The third-order valence-corrected chi connectivity index (χ3v) is 6.06. The fourth-order valence-corrected chi connectivity index (χ4v) is 4.09. The maximum absolute atomic E-state index is 11.9. The molecule has 1 N–H and O–H groups in total. The molecular weight excluding hydrogens is 277 g/mol. The van der Waals surface area contributed by atoms with E-state index in [1.807, 2.05) is 11.4 Å². The third kappa shape index (κ3) is 3.63. The third-order valence-electron chi connectivity index (χ3n) is 2.35. The molecule has 0 amide bonds. The lowest BCUT2D eigenvalue weighted by atomic mass is 10.2. The fourth-order valence-electron chi connectivity index (χ4n) is 1.25. The number of sulfonamides is 1. The lowest BCUT2D eigenvalue weighted by molar-refractivity contribution is 0.272. The van der Waals surface area contributed by atoms with Crippen molar-refractivity contribution in [2.24, 2.45) is 0 Å².